The lowest BCUT2D eigenvalue weighted by molar-refractivity contribution is -0.383. The minimum Gasteiger partial charge on any atom is -0.448 e. The molecule has 0 saturated heterocycles. The Balaban J connectivity index is 1.65. The zero-order chi connectivity index (χ0) is 20.1. The molecule has 0 bridgehead atoms. The van der Waals surface area contributed by atoms with Crippen molar-refractivity contribution in [2.24, 2.45) is 0 Å². The van der Waals surface area contributed by atoms with E-state index in [1.54, 1.807) is 24.5 Å². The van der Waals surface area contributed by atoms with E-state index in [-0.39, 0.29) is 17.1 Å². The van der Waals surface area contributed by atoms with Gasteiger partial charge >= 0.3 is 5.97 Å². The quantitative estimate of drug-likeness (QED) is 0.379. The summed E-state index contributed by atoms with van der Waals surface area (Å²) in [5.74, 6) is -1.14. The third-order valence-corrected chi connectivity index (χ3v) is 4.32. The molecule has 0 fully saturated rings. The average molecular weight is 399 g/mol. The molecule has 0 aliphatic rings. The number of anilines is 1. The molecule has 10 nitrogen and oxygen atoms in total. The lowest BCUT2D eigenvalue weighted by Gasteiger charge is -2.12. The highest BCUT2D eigenvalue weighted by molar-refractivity contribution is 7.13. The fourth-order valence-corrected chi connectivity index (χ4v) is 2.86. The average Bonchev–Trinajstić information content (AvgIpc) is 3.19. The predicted molar refractivity (Wildman–Crippen MR) is 99.7 cm³/mol. The van der Waals surface area contributed by atoms with Gasteiger partial charge in [-0.2, -0.15) is 0 Å². The molecular weight excluding hydrogens is 386 g/mol. The van der Waals surface area contributed by atoms with Gasteiger partial charge in [0.25, 0.3) is 11.6 Å². The van der Waals surface area contributed by atoms with E-state index < -0.39 is 22.9 Å². The smallest absolute Gasteiger partial charge is 0.358 e. The first kappa shape index (κ1) is 19.0. The Hall–Kier alpha value is -3.73. The zero-order valence-electron chi connectivity index (χ0n) is 14.4. The van der Waals surface area contributed by atoms with Crippen molar-refractivity contribution in [3.8, 4) is 10.8 Å². The normalized spacial score (nSPS) is 11.5. The number of benzene rings is 1. The molecule has 0 aliphatic heterocycles. The zero-order valence-corrected chi connectivity index (χ0v) is 15.3. The summed E-state index contributed by atoms with van der Waals surface area (Å²) in [6.07, 6.45) is 1.92. The Morgan fingerprint density at radius 1 is 1.21 bits per heavy atom. The van der Waals surface area contributed by atoms with Gasteiger partial charge in [-0.25, -0.2) is 19.7 Å². The van der Waals surface area contributed by atoms with Crippen LogP contribution < -0.4 is 5.32 Å². The van der Waals surface area contributed by atoms with Crippen molar-refractivity contribution in [3.63, 3.8) is 0 Å². The molecule has 11 heteroatoms. The first-order valence-corrected chi connectivity index (χ1v) is 8.82. The molecule has 1 atom stereocenters. The summed E-state index contributed by atoms with van der Waals surface area (Å²) in [5, 5.41) is 15.3. The van der Waals surface area contributed by atoms with Crippen LogP contribution in [0.1, 0.15) is 17.4 Å². The van der Waals surface area contributed by atoms with E-state index in [4.69, 9.17) is 4.74 Å². The molecule has 0 radical (unpaired) electrons. The summed E-state index contributed by atoms with van der Waals surface area (Å²) < 4.78 is 5.10. The van der Waals surface area contributed by atoms with Crippen molar-refractivity contribution in [2.75, 3.05) is 5.32 Å². The van der Waals surface area contributed by atoms with Gasteiger partial charge in [0, 0.05) is 23.8 Å². The molecular formula is C17H13N5O5S. The van der Waals surface area contributed by atoms with E-state index in [0.29, 0.717) is 10.8 Å². The fourth-order valence-electron chi connectivity index (χ4n) is 2.13. The summed E-state index contributed by atoms with van der Waals surface area (Å²) in [6.45, 7) is 1.36. The van der Waals surface area contributed by atoms with Gasteiger partial charge in [0.1, 0.15) is 5.69 Å². The number of aromatic nitrogens is 3. The number of rotatable bonds is 6. The molecule has 2 aromatic heterocycles. The maximum absolute atomic E-state index is 12.2. The molecule has 28 heavy (non-hydrogen) atoms. The lowest BCUT2D eigenvalue weighted by Crippen LogP contribution is -2.30. The molecule has 142 valence electrons. The summed E-state index contributed by atoms with van der Waals surface area (Å²) >= 11 is 1.16. The number of nitro benzene ring substituents is 1. The van der Waals surface area contributed by atoms with Crippen LogP contribution in [0.2, 0.25) is 0 Å². The highest BCUT2D eigenvalue weighted by atomic mass is 32.1. The molecule has 1 amide bonds. The van der Waals surface area contributed by atoms with Crippen LogP contribution in [0, 0.1) is 10.1 Å². The van der Waals surface area contributed by atoms with Crippen LogP contribution in [0.4, 0.5) is 11.4 Å². The highest BCUT2D eigenvalue weighted by Crippen LogP contribution is 2.24. The Labute approximate surface area is 162 Å². The van der Waals surface area contributed by atoms with Gasteiger partial charge in [-0.05, 0) is 19.1 Å². The van der Waals surface area contributed by atoms with Crippen LogP contribution in [0.15, 0.2) is 48.1 Å². The Bertz CT molecular complexity index is 1020. The van der Waals surface area contributed by atoms with Gasteiger partial charge in [-0.15, -0.1) is 11.3 Å². The Kier molecular flexibility index (Phi) is 5.65. The number of esters is 1. The lowest BCUT2D eigenvalue weighted by atomic mass is 10.2. The predicted octanol–water partition coefficient (Wildman–Crippen LogP) is 2.69. The van der Waals surface area contributed by atoms with Crippen LogP contribution in [0.25, 0.3) is 10.8 Å². The summed E-state index contributed by atoms with van der Waals surface area (Å²) in [7, 11) is 0. The fraction of sp³-hybridized carbons (Fsp3) is 0.118. The van der Waals surface area contributed by atoms with Crippen molar-refractivity contribution in [1.29, 1.82) is 0 Å². The largest absolute Gasteiger partial charge is 0.448 e. The van der Waals surface area contributed by atoms with E-state index in [1.807, 2.05) is 0 Å². The van der Waals surface area contributed by atoms with Gasteiger partial charge in [0.15, 0.2) is 22.6 Å². The van der Waals surface area contributed by atoms with E-state index in [9.17, 15) is 19.7 Å². The van der Waals surface area contributed by atoms with Crippen molar-refractivity contribution >= 4 is 34.6 Å². The number of carbonyl (C=O) groups excluding carboxylic acids is 2. The monoisotopic (exact) mass is 399 g/mol. The minimum absolute atomic E-state index is 0.0116. The molecule has 1 N–H and O–H groups in total. The van der Waals surface area contributed by atoms with Crippen molar-refractivity contribution < 1.29 is 19.2 Å². The van der Waals surface area contributed by atoms with Gasteiger partial charge in [0.05, 0.1) is 4.92 Å². The van der Waals surface area contributed by atoms with E-state index >= 15 is 0 Å². The van der Waals surface area contributed by atoms with Gasteiger partial charge in [0.2, 0.25) is 0 Å². The van der Waals surface area contributed by atoms with Crippen LogP contribution in [-0.4, -0.2) is 37.9 Å². The SMILES string of the molecule is CC(OC(=O)c1csc(-c2ncccn2)n1)C(=O)Nc1ccccc1[N+](=O)[O-]. The second kappa shape index (κ2) is 8.31. The number of nitrogens with zero attached hydrogens (tertiary/aromatic N) is 4. The second-order valence-electron chi connectivity index (χ2n) is 5.42. The minimum atomic E-state index is -1.19. The summed E-state index contributed by atoms with van der Waals surface area (Å²) in [6, 6.07) is 7.32. The molecule has 0 saturated carbocycles. The number of para-hydroxylation sites is 2. The third kappa shape index (κ3) is 4.32. The van der Waals surface area contributed by atoms with Gasteiger partial charge in [-0.1, -0.05) is 12.1 Å². The van der Waals surface area contributed by atoms with Gasteiger partial charge in [-0.3, -0.25) is 14.9 Å². The maximum Gasteiger partial charge on any atom is 0.358 e. The van der Waals surface area contributed by atoms with Crippen LogP contribution in [0.3, 0.4) is 0 Å². The number of nitrogens with one attached hydrogen (secondary N) is 1. The molecule has 0 spiro atoms. The van der Waals surface area contributed by atoms with Crippen molar-refractivity contribution in [1.82, 2.24) is 15.0 Å². The number of thiazole rings is 1. The van der Waals surface area contributed by atoms with E-state index in [0.717, 1.165) is 11.3 Å². The Morgan fingerprint density at radius 2 is 1.93 bits per heavy atom. The number of hydrogen-bond acceptors (Lipinski definition) is 9. The molecule has 1 unspecified atom stereocenters. The first-order chi connectivity index (χ1) is 13.5. The van der Waals surface area contributed by atoms with Crippen molar-refractivity contribution in [3.05, 3.63) is 63.9 Å². The number of ether oxygens (including phenoxy) is 1. The number of nitro groups is 1. The molecule has 3 aromatic rings. The van der Waals surface area contributed by atoms with Crippen molar-refractivity contribution in [2.45, 2.75) is 13.0 Å². The number of carbonyl (C=O) groups is 2. The molecule has 0 aliphatic carbocycles. The molecule has 2 heterocycles. The molecule has 1 aromatic carbocycles. The van der Waals surface area contributed by atoms with E-state index in [2.05, 4.69) is 20.3 Å². The first-order valence-electron chi connectivity index (χ1n) is 7.94. The van der Waals surface area contributed by atoms with Gasteiger partial charge < -0.3 is 10.1 Å². The summed E-state index contributed by atoms with van der Waals surface area (Å²) in [5.41, 5.74) is -0.239. The number of amides is 1. The number of hydrogen-bond donors (Lipinski definition) is 1. The maximum atomic E-state index is 12.2. The standard InChI is InChI=1S/C17H13N5O5S/c1-10(15(23)20-11-5-2-3-6-13(11)22(25)26)27-17(24)12-9-28-16(21-12)14-18-7-4-8-19-14/h2-10H,1H3,(H,20,23). The summed E-state index contributed by atoms with van der Waals surface area (Å²) in [4.78, 5) is 47.1. The Morgan fingerprint density at radius 3 is 2.64 bits per heavy atom. The van der Waals surface area contributed by atoms with Crippen LogP contribution in [0.5, 0.6) is 0 Å². The topological polar surface area (TPSA) is 137 Å². The van der Waals surface area contributed by atoms with E-state index in [1.165, 1.54) is 30.5 Å². The van der Waals surface area contributed by atoms with Crippen LogP contribution >= 0.6 is 11.3 Å². The highest BCUT2D eigenvalue weighted by Gasteiger charge is 2.23. The van der Waals surface area contributed by atoms with Crippen LogP contribution in [-0.2, 0) is 9.53 Å². The third-order valence-electron chi connectivity index (χ3n) is 3.48. The second-order valence-corrected chi connectivity index (χ2v) is 6.28. The molecule has 3 rings (SSSR count).